The van der Waals surface area contributed by atoms with Crippen molar-refractivity contribution in [3.05, 3.63) is 35.9 Å². The van der Waals surface area contributed by atoms with E-state index >= 15 is 0 Å². The Morgan fingerprint density at radius 2 is 1.47 bits per heavy atom. The highest BCUT2D eigenvalue weighted by atomic mass is 16.7. The molecule has 12 atom stereocenters. The molecule has 1 heterocycles. The number of ether oxygens (including phenoxy) is 6. The molecule has 7 amide bonds. The Morgan fingerprint density at radius 1 is 0.815 bits per heavy atom. The van der Waals surface area contributed by atoms with E-state index in [4.69, 9.17) is 28.4 Å². The zero-order valence-electron chi connectivity index (χ0n) is 51.2. The van der Waals surface area contributed by atoms with Crippen LogP contribution in [0.3, 0.4) is 0 Å². The minimum Gasteiger partial charge on any atom is -0.464 e. The number of esters is 1. The van der Waals surface area contributed by atoms with E-state index < -0.39 is 102 Å². The monoisotopic (exact) mass is 1150 g/mol. The van der Waals surface area contributed by atoms with Crippen LogP contribution in [-0.4, -0.2) is 197 Å². The molecule has 23 nitrogen and oxygen atoms in total. The zero-order chi connectivity index (χ0) is 61.1. The Kier molecular flexibility index (Phi) is 32.0. The largest absolute Gasteiger partial charge is 0.464 e. The first kappa shape index (κ1) is 71.6. The molecule has 7 N–H and O–H groups in total. The number of benzene rings is 1. The molecule has 1 aromatic rings. The maximum Gasteiger partial charge on any atom is 0.407 e. The molecule has 1 fully saturated rings. The van der Waals surface area contributed by atoms with Crippen molar-refractivity contribution >= 4 is 47.5 Å². The highest BCUT2D eigenvalue weighted by Crippen LogP contribution is 2.30. The Bertz CT molecular complexity index is 2110. The van der Waals surface area contributed by atoms with Gasteiger partial charge in [0.2, 0.25) is 35.4 Å². The van der Waals surface area contributed by atoms with E-state index in [0.717, 1.165) is 5.56 Å². The SMILES string of the molecule is CC[C@H](C)C([C@@H](CC(=O)N1CCC[C@H]1[C@H](OC)[C@@H](C)C(=O)N[C@@H](Cc1ccccc1)C(=O)NCCCOC(=O)[C@H](C)NC(=O)CCNC(=O)OCC(OC(C)CO)OC(C)(C)C)OC)N(C)C(=O)C(NC(=O)C(NC)C(C)C)C(C)C. The van der Waals surface area contributed by atoms with Crippen molar-refractivity contribution < 1.29 is 71.9 Å². The molecule has 0 spiro atoms. The number of carbonyl (C=O) groups is 8. The molecule has 1 aliphatic heterocycles. The van der Waals surface area contributed by atoms with Gasteiger partial charge < -0.3 is 75.2 Å². The van der Waals surface area contributed by atoms with Crippen LogP contribution in [0.5, 0.6) is 0 Å². The molecule has 81 heavy (non-hydrogen) atoms. The minimum atomic E-state index is -1.02. The maximum atomic E-state index is 14.5. The van der Waals surface area contributed by atoms with E-state index in [-0.39, 0.29) is 94.1 Å². The van der Waals surface area contributed by atoms with Crippen LogP contribution in [0, 0.1) is 23.7 Å². The molecular formula is C58H100N8O15. The lowest BCUT2D eigenvalue weighted by Crippen LogP contribution is -2.59. The van der Waals surface area contributed by atoms with Gasteiger partial charge in [0.25, 0.3) is 0 Å². The first-order chi connectivity index (χ1) is 38.1. The van der Waals surface area contributed by atoms with Gasteiger partial charge in [0.1, 0.15) is 24.7 Å². The molecule has 1 aliphatic rings. The van der Waals surface area contributed by atoms with E-state index in [9.17, 15) is 43.5 Å². The van der Waals surface area contributed by atoms with Crippen molar-refractivity contribution in [1.29, 1.82) is 0 Å². The van der Waals surface area contributed by atoms with Crippen molar-refractivity contribution in [1.82, 2.24) is 41.7 Å². The van der Waals surface area contributed by atoms with Crippen LogP contribution in [0.15, 0.2) is 30.3 Å². The molecule has 2 rings (SSSR count). The minimum absolute atomic E-state index is 0.0108. The summed E-state index contributed by atoms with van der Waals surface area (Å²) in [6.07, 6.45) is -1.70. The summed E-state index contributed by atoms with van der Waals surface area (Å²) in [6.45, 7) is 21.7. The normalized spacial score (nSPS) is 17.7. The average Bonchev–Trinajstić information content (AvgIpc) is 3.90. The number of alkyl carbamates (subject to hydrolysis) is 1. The molecule has 0 aromatic heterocycles. The summed E-state index contributed by atoms with van der Waals surface area (Å²) in [5.74, 6) is -4.09. The van der Waals surface area contributed by atoms with Crippen molar-refractivity contribution in [2.24, 2.45) is 23.7 Å². The number of aliphatic hydroxyl groups is 1. The van der Waals surface area contributed by atoms with Gasteiger partial charge in [0.15, 0.2) is 6.29 Å². The first-order valence-corrected chi connectivity index (χ1v) is 28.7. The average molecular weight is 1150 g/mol. The highest BCUT2D eigenvalue weighted by molar-refractivity contribution is 5.91. The third-order valence-electron chi connectivity index (χ3n) is 14.4. The predicted octanol–water partition coefficient (Wildman–Crippen LogP) is 3.23. The quantitative estimate of drug-likeness (QED) is 0.0288. The number of rotatable bonds is 36. The summed E-state index contributed by atoms with van der Waals surface area (Å²) in [6, 6.07) is 4.85. The topological polar surface area (TPSA) is 291 Å². The van der Waals surface area contributed by atoms with Gasteiger partial charge in [-0.15, -0.1) is 0 Å². The van der Waals surface area contributed by atoms with Crippen molar-refractivity contribution in [2.45, 2.75) is 194 Å². The predicted molar refractivity (Wildman–Crippen MR) is 305 cm³/mol. The smallest absolute Gasteiger partial charge is 0.407 e. The Morgan fingerprint density at radius 3 is 2.04 bits per heavy atom. The summed E-state index contributed by atoms with van der Waals surface area (Å²) < 4.78 is 33.9. The molecule has 0 bridgehead atoms. The molecule has 5 unspecified atom stereocenters. The third kappa shape index (κ3) is 24.5. The fraction of sp³-hybridized carbons (Fsp3) is 0.759. The number of likely N-dealkylation sites (tertiary alicyclic amines) is 1. The lowest BCUT2D eigenvalue weighted by molar-refractivity contribution is -0.230. The first-order valence-electron chi connectivity index (χ1n) is 28.7. The van der Waals surface area contributed by atoms with E-state index in [1.54, 1.807) is 58.5 Å². The van der Waals surface area contributed by atoms with Gasteiger partial charge in [-0.1, -0.05) is 85.2 Å². The summed E-state index contributed by atoms with van der Waals surface area (Å²) in [7, 11) is 6.42. The summed E-state index contributed by atoms with van der Waals surface area (Å²) in [5.41, 5.74) is 0.183. The van der Waals surface area contributed by atoms with Gasteiger partial charge in [-0.05, 0) is 84.2 Å². The second-order valence-corrected chi connectivity index (χ2v) is 22.7. The molecule has 1 saturated heterocycles. The number of nitrogens with one attached hydrogen (secondary N) is 6. The maximum absolute atomic E-state index is 14.5. The molecule has 23 heteroatoms. The van der Waals surface area contributed by atoms with Crippen LogP contribution in [0.4, 0.5) is 4.79 Å². The van der Waals surface area contributed by atoms with Gasteiger partial charge in [0, 0.05) is 53.7 Å². The van der Waals surface area contributed by atoms with Crippen LogP contribution >= 0.6 is 0 Å². The van der Waals surface area contributed by atoms with E-state index in [2.05, 4.69) is 31.9 Å². The lowest BCUT2D eigenvalue weighted by atomic mass is 9.89. The van der Waals surface area contributed by atoms with Crippen molar-refractivity contribution in [3.63, 3.8) is 0 Å². The van der Waals surface area contributed by atoms with Crippen LogP contribution < -0.4 is 31.9 Å². The number of hydrogen-bond acceptors (Lipinski definition) is 16. The molecule has 1 aromatic carbocycles. The number of aliphatic hydroxyl groups excluding tert-OH is 1. The van der Waals surface area contributed by atoms with Crippen molar-refractivity contribution in [2.75, 3.05) is 67.8 Å². The van der Waals surface area contributed by atoms with E-state index in [0.29, 0.717) is 25.8 Å². The summed E-state index contributed by atoms with van der Waals surface area (Å²) in [5, 5.41) is 26.1. The number of carbonyl (C=O) groups excluding carboxylic acids is 8. The van der Waals surface area contributed by atoms with Gasteiger partial charge in [-0.3, -0.25) is 28.8 Å². The Hall–Kier alpha value is -5.46. The van der Waals surface area contributed by atoms with Gasteiger partial charge in [0.05, 0.1) is 67.6 Å². The molecule has 0 aliphatic carbocycles. The molecule has 462 valence electrons. The molecule has 0 saturated carbocycles. The van der Waals surface area contributed by atoms with Gasteiger partial charge >= 0.3 is 12.1 Å². The van der Waals surface area contributed by atoms with Crippen LogP contribution in [-0.2, 0) is 68.4 Å². The number of methoxy groups -OCH3 is 2. The van der Waals surface area contributed by atoms with Crippen LogP contribution in [0.25, 0.3) is 0 Å². The van der Waals surface area contributed by atoms with Crippen LogP contribution in [0.1, 0.15) is 127 Å². The third-order valence-corrected chi connectivity index (χ3v) is 14.4. The highest BCUT2D eigenvalue weighted by Gasteiger charge is 2.43. The number of amides is 7. The van der Waals surface area contributed by atoms with Gasteiger partial charge in [-0.25, -0.2) is 9.59 Å². The second kappa shape index (κ2) is 36.2. The summed E-state index contributed by atoms with van der Waals surface area (Å²) >= 11 is 0. The number of likely N-dealkylation sites (N-methyl/N-ethyl adjacent to an activating group) is 2. The van der Waals surface area contributed by atoms with Crippen LogP contribution in [0.2, 0.25) is 0 Å². The Labute approximate surface area is 481 Å². The molecule has 0 radical (unpaired) electrons. The van der Waals surface area contributed by atoms with Crippen molar-refractivity contribution in [3.8, 4) is 0 Å². The zero-order valence-corrected chi connectivity index (χ0v) is 51.2. The lowest BCUT2D eigenvalue weighted by Gasteiger charge is -2.41. The van der Waals surface area contributed by atoms with E-state index in [1.807, 2.05) is 71.9 Å². The second-order valence-electron chi connectivity index (χ2n) is 22.7. The molecular weight excluding hydrogens is 1050 g/mol. The summed E-state index contributed by atoms with van der Waals surface area (Å²) in [4.78, 5) is 111. The fourth-order valence-corrected chi connectivity index (χ4v) is 9.76. The Balaban J connectivity index is 2.06. The standard InChI is InChI=1S/C58H100N8O15/c1-17-37(6)50(65(14)55(73)49(36(4)5)64-54(72)48(59-13)35(2)3)44(76-15)32-46(69)66-29-21-25-43(66)51(77-16)39(8)52(70)63-42(31-41-23-19-18-20-24-41)53(71)60-27-22-30-78-56(74)40(9)62-45(68)26-28-61-57(75)79-34-47(80-38(7)33-67)81-58(10,11)12/h18-20,23-24,35-40,42-44,47-51,59,67H,17,21-22,25-34H2,1-16H3,(H,60,71)(H,61,75)(H,62,68)(H,63,70)(H,64,72)/t37-,38?,39+,40-,42-,43-,44+,47?,48?,49?,50?,51+/m0/s1. The number of hydrogen-bond donors (Lipinski definition) is 7. The van der Waals surface area contributed by atoms with Gasteiger partial charge in [-0.2, -0.15) is 0 Å². The van der Waals surface area contributed by atoms with E-state index in [1.165, 1.54) is 21.1 Å². The fourth-order valence-electron chi connectivity index (χ4n) is 9.76. The number of nitrogens with zero attached hydrogens (tertiary/aromatic N) is 2.